The van der Waals surface area contributed by atoms with E-state index in [2.05, 4.69) is 36.4 Å². The Morgan fingerprint density at radius 3 is 1.80 bits per heavy atom. The minimum absolute atomic E-state index is 0. The molecular formula is C28H31ClIN3O2. The van der Waals surface area contributed by atoms with Crippen molar-refractivity contribution in [3.05, 3.63) is 69.8 Å². The number of hydrogen-bond donors (Lipinski definition) is 1. The quantitative estimate of drug-likeness (QED) is 0.303. The predicted molar refractivity (Wildman–Crippen MR) is 152 cm³/mol. The molecule has 0 radical (unpaired) electrons. The van der Waals surface area contributed by atoms with Crippen molar-refractivity contribution in [2.24, 2.45) is 5.73 Å². The van der Waals surface area contributed by atoms with Crippen LogP contribution in [0.5, 0.6) is 11.5 Å². The maximum absolute atomic E-state index is 8.74. The summed E-state index contributed by atoms with van der Waals surface area (Å²) in [5.74, 6) is 2.10. The van der Waals surface area contributed by atoms with Gasteiger partial charge in [0.1, 0.15) is 15.6 Å². The van der Waals surface area contributed by atoms with E-state index in [9.17, 15) is 0 Å². The molecule has 5 nitrogen and oxygen atoms in total. The number of aryl methyl sites for hydroxylation is 2. The van der Waals surface area contributed by atoms with E-state index < -0.39 is 0 Å². The maximum atomic E-state index is 8.74. The summed E-state index contributed by atoms with van der Waals surface area (Å²) in [7, 11) is 0. The highest BCUT2D eigenvalue weighted by atomic mass is 127. The zero-order valence-corrected chi connectivity index (χ0v) is 21.9. The number of benzene rings is 2. The summed E-state index contributed by atoms with van der Waals surface area (Å²) in [6, 6.07) is 10.7. The van der Waals surface area contributed by atoms with Gasteiger partial charge in [0.05, 0.1) is 41.9 Å². The minimum atomic E-state index is 0. The lowest BCUT2D eigenvalue weighted by Gasteiger charge is -2.07. The number of rotatable bonds is 1. The zero-order valence-electron chi connectivity index (χ0n) is 18.9. The molecule has 0 amide bonds. The summed E-state index contributed by atoms with van der Waals surface area (Å²) in [4.78, 5) is 0. The zero-order chi connectivity index (χ0) is 23.2. The number of fused-ring (bicyclic) bond motifs is 6. The number of nitrogens with two attached hydrogens (primary N) is 1. The first kappa shape index (κ1) is 28.7. The van der Waals surface area contributed by atoms with E-state index in [1.54, 1.807) is 32.7 Å². The molecule has 0 atom stereocenters. The van der Waals surface area contributed by atoms with Crippen LogP contribution in [0.15, 0.2) is 36.4 Å². The van der Waals surface area contributed by atoms with E-state index in [1.807, 2.05) is 0 Å². The molecule has 2 aliphatic carbocycles. The van der Waals surface area contributed by atoms with Crippen molar-refractivity contribution in [1.29, 1.82) is 10.5 Å². The Morgan fingerprint density at radius 1 is 0.829 bits per heavy atom. The number of nitrogens with zero attached hydrogens (tertiary/aromatic N) is 2. The second-order valence-corrected chi connectivity index (χ2v) is 8.68. The monoisotopic (exact) mass is 603 g/mol. The first-order chi connectivity index (χ1) is 16.2. The summed E-state index contributed by atoms with van der Waals surface area (Å²) in [6.45, 7) is 2.26. The Morgan fingerprint density at radius 2 is 1.31 bits per heavy atom. The molecule has 2 N–H and O–H groups in total. The van der Waals surface area contributed by atoms with Crippen molar-refractivity contribution in [1.82, 2.24) is 0 Å². The summed E-state index contributed by atoms with van der Waals surface area (Å²) >= 11 is 1.59. The van der Waals surface area contributed by atoms with Crippen molar-refractivity contribution in [3.63, 3.8) is 0 Å². The highest BCUT2D eigenvalue weighted by Gasteiger charge is 2.26. The molecule has 0 unspecified atom stereocenters. The van der Waals surface area contributed by atoms with Gasteiger partial charge in [0.25, 0.3) is 0 Å². The Hall–Kier alpha value is -2.52. The van der Waals surface area contributed by atoms with Crippen LogP contribution in [0.4, 0.5) is 0 Å². The van der Waals surface area contributed by atoms with Gasteiger partial charge in [-0.15, -0.1) is 12.4 Å². The van der Waals surface area contributed by atoms with Gasteiger partial charge in [-0.1, -0.05) is 25.6 Å². The Bertz CT molecular complexity index is 1210. The van der Waals surface area contributed by atoms with Gasteiger partial charge in [-0.25, -0.2) is 0 Å². The summed E-state index contributed by atoms with van der Waals surface area (Å²) < 4.78 is 12.9. The van der Waals surface area contributed by atoms with Gasteiger partial charge in [-0.05, 0) is 71.2 Å². The van der Waals surface area contributed by atoms with Crippen molar-refractivity contribution in [2.75, 3.05) is 19.8 Å². The lowest BCUT2D eigenvalue weighted by Crippen LogP contribution is -1.96. The van der Waals surface area contributed by atoms with Crippen LogP contribution in [0, 0.1) is 20.7 Å². The second kappa shape index (κ2) is 13.5. The number of allylic oxidation sites excluding steroid dienone is 3. The van der Waals surface area contributed by atoms with Crippen molar-refractivity contribution < 1.29 is 9.47 Å². The van der Waals surface area contributed by atoms with E-state index in [1.165, 1.54) is 44.5 Å². The van der Waals surface area contributed by atoms with Crippen LogP contribution in [-0.2, 0) is 25.7 Å². The van der Waals surface area contributed by atoms with Gasteiger partial charge in [-0.3, -0.25) is 0 Å². The molecule has 0 saturated carbocycles. The highest BCUT2D eigenvalue weighted by Crippen LogP contribution is 2.42. The molecule has 4 aliphatic rings. The van der Waals surface area contributed by atoms with Gasteiger partial charge in [0.2, 0.25) is 0 Å². The number of hydrogen-bond acceptors (Lipinski definition) is 5. The average molecular weight is 604 g/mol. The van der Waals surface area contributed by atoms with E-state index >= 15 is 0 Å². The van der Waals surface area contributed by atoms with Crippen LogP contribution in [0.25, 0.3) is 11.1 Å². The highest BCUT2D eigenvalue weighted by molar-refractivity contribution is 14.1. The van der Waals surface area contributed by atoms with Crippen LogP contribution in [0.1, 0.15) is 53.6 Å². The van der Waals surface area contributed by atoms with Crippen molar-refractivity contribution in [2.45, 2.75) is 46.0 Å². The SMILES string of the molecule is C.Cl.N#C/C=C1\CCc2ccc3c(c21)CCO3.N#CI.NC/C=C1\CCc2ccc3c(c21)CCO3. The Labute approximate surface area is 228 Å². The van der Waals surface area contributed by atoms with E-state index in [0.29, 0.717) is 6.54 Å². The molecule has 35 heavy (non-hydrogen) atoms. The number of ether oxygens (including phenoxy) is 2. The van der Waals surface area contributed by atoms with Crippen LogP contribution in [0.3, 0.4) is 0 Å². The minimum Gasteiger partial charge on any atom is -0.493 e. The van der Waals surface area contributed by atoms with Crippen LogP contribution >= 0.6 is 35.0 Å². The molecule has 0 aromatic heterocycles. The lowest BCUT2D eigenvalue weighted by atomic mass is 9.98. The van der Waals surface area contributed by atoms with Gasteiger partial charge < -0.3 is 15.2 Å². The van der Waals surface area contributed by atoms with Gasteiger partial charge in [0.15, 0.2) is 0 Å². The Balaban J connectivity index is 0.000000211. The van der Waals surface area contributed by atoms with Crippen molar-refractivity contribution >= 4 is 46.1 Å². The summed E-state index contributed by atoms with van der Waals surface area (Å²) in [5.41, 5.74) is 16.5. The first-order valence-electron chi connectivity index (χ1n) is 11.2. The molecule has 0 fully saturated rings. The van der Waals surface area contributed by atoms with Gasteiger partial charge in [0, 0.05) is 36.6 Å². The van der Waals surface area contributed by atoms with Crippen LogP contribution in [0.2, 0.25) is 0 Å². The average Bonchev–Trinajstić information content (AvgIpc) is 3.60. The smallest absolute Gasteiger partial charge is 0.134 e. The van der Waals surface area contributed by atoms with Crippen LogP contribution in [-0.4, -0.2) is 19.8 Å². The third-order valence-electron chi connectivity index (χ3n) is 6.50. The second-order valence-electron chi connectivity index (χ2n) is 8.20. The van der Waals surface area contributed by atoms with E-state index in [-0.39, 0.29) is 19.8 Å². The third-order valence-corrected chi connectivity index (χ3v) is 6.50. The molecule has 0 bridgehead atoms. The standard InChI is InChI=1S/C13H15NO.C13H11NO.CIN.CH4.ClH/c2*14-7-5-10-2-1-9-3-4-12-11(13(9)10)6-8-15-12;2-1-3;;/h3-5H,1-2,6-8,14H2;3-5H,1-2,6,8H2;;1H4;1H/b2*10-5+;;;. The molecule has 6 rings (SSSR count). The fraction of sp³-hybridized carbons (Fsp3) is 0.357. The molecular weight excluding hydrogens is 573 g/mol. The Kier molecular flexibility index (Phi) is 11.1. The van der Waals surface area contributed by atoms with Crippen molar-refractivity contribution in [3.8, 4) is 21.6 Å². The largest absolute Gasteiger partial charge is 0.493 e. The van der Waals surface area contributed by atoms with E-state index in [0.717, 1.165) is 63.2 Å². The normalized spacial score (nSPS) is 17.3. The molecule has 184 valence electrons. The predicted octanol–water partition coefficient (Wildman–Crippen LogP) is 6.34. The van der Waals surface area contributed by atoms with Gasteiger partial charge >= 0.3 is 0 Å². The molecule has 2 aromatic carbocycles. The molecule has 0 saturated heterocycles. The molecule has 7 heteroatoms. The van der Waals surface area contributed by atoms with E-state index in [4.69, 9.17) is 25.7 Å². The molecule has 2 aromatic rings. The lowest BCUT2D eigenvalue weighted by molar-refractivity contribution is 0.356. The van der Waals surface area contributed by atoms with Gasteiger partial charge in [-0.2, -0.15) is 10.5 Å². The molecule has 0 spiro atoms. The topological polar surface area (TPSA) is 92.1 Å². The maximum Gasteiger partial charge on any atom is 0.134 e. The fourth-order valence-corrected chi connectivity index (χ4v) is 5.22. The number of halogens is 2. The van der Waals surface area contributed by atoms with Crippen LogP contribution < -0.4 is 15.2 Å². The summed E-state index contributed by atoms with van der Waals surface area (Å²) in [6.07, 6.45) is 10.3. The molecule has 2 aliphatic heterocycles. The first-order valence-corrected chi connectivity index (χ1v) is 12.3. The third kappa shape index (κ3) is 6.01. The molecule has 2 heterocycles. The number of nitriles is 2. The fourth-order valence-electron chi connectivity index (χ4n) is 5.22. The summed E-state index contributed by atoms with van der Waals surface area (Å²) in [5, 5.41) is 16.0.